The predicted octanol–water partition coefficient (Wildman–Crippen LogP) is 4.20. The number of nitrogens with one attached hydrogen (secondary N) is 3. The highest BCUT2D eigenvalue weighted by Crippen LogP contribution is 2.20. The highest BCUT2D eigenvalue weighted by Gasteiger charge is 2.21. The van der Waals surface area contributed by atoms with Gasteiger partial charge in [-0.15, -0.1) is 0 Å². The summed E-state index contributed by atoms with van der Waals surface area (Å²) in [6, 6.07) is 14.1. The molecule has 0 bridgehead atoms. The average Bonchev–Trinajstić information content (AvgIpc) is 2.73. The average molecular weight is 425 g/mol. The van der Waals surface area contributed by atoms with Crippen LogP contribution in [0.4, 0.5) is 17.1 Å². The maximum atomic E-state index is 12.5. The van der Waals surface area contributed by atoms with Crippen molar-refractivity contribution in [2.75, 3.05) is 35.6 Å². The summed E-state index contributed by atoms with van der Waals surface area (Å²) in [4.78, 5) is 38.7. The van der Waals surface area contributed by atoms with Gasteiger partial charge >= 0.3 is 0 Å². The van der Waals surface area contributed by atoms with E-state index in [-0.39, 0.29) is 24.3 Å². The third-order valence-corrected chi connectivity index (χ3v) is 4.70. The van der Waals surface area contributed by atoms with Crippen LogP contribution in [0.3, 0.4) is 0 Å². The van der Waals surface area contributed by atoms with Crippen molar-refractivity contribution >= 4 is 34.8 Å². The summed E-state index contributed by atoms with van der Waals surface area (Å²) < 4.78 is 0. The van der Waals surface area contributed by atoms with Crippen LogP contribution < -0.4 is 16.0 Å². The maximum absolute atomic E-state index is 12.5. The summed E-state index contributed by atoms with van der Waals surface area (Å²) in [5.74, 6) is -0.383. The minimum absolute atomic E-state index is 0.0465. The van der Waals surface area contributed by atoms with Gasteiger partial charge in [-0.25, -0.2) is 0 Å². The molecule has 0 saturated carbocycles. The minimum atomic E-state index is -0.496. The molecule has 31 heavy (non-hydrogen) atoms. The Balaban J connectivity index is 1.96. The Morgan fingerprint density at radius 3 is 2.03 bits per heavy atom. The van der Waals surface area contributed by atoms with E-state index in [4.69, 9.17) is 0 Å². The van der Waals surface area contributed by atoms with E-state index in [1.807, 2.05) is 40.7 Å². The van der Waals surface area contributed by atoms with E-state index < -0.39 is 5.41 Å². The molecule has 0 atom stereocenters. The first-order chi connectivity index (χ1) is 14.6. The normalized spacial score (nSPS) is 10.9. The molecule has 2 aromatic carbocycles. The standard InChI is InChI=1S/C24H32N4O3/c1-6-28(7-2)22(30)17-10-8-12-19(14-17)26-21(29)16-25-18-11-9-13-20(15-18)27-23(31)24(3,4)5/h8-15,25H,6-7,16H2,1-5H3,(H,26,29)(H,27,31). The highest BCUT2D eigenvalue weighted by atomic mass is 16.2. The number of benzene rings is 2. The molecule has 3 N–H and O–H groups in total. The zero-order chi connectivity index (χ0) is 23.0. The third-order valence-electron chi connectivity index (χ3n) is 4.70. The van der Waals surface area contributed by atoms with Gasteiger partial charge < -0.3 is 20.9 Å². The molecule has 0 unspecified atom stereocenters. The summed E-state index contributed by atoms with van der Waals surface area (Å²) in [6.45, 7) is 10.7. The van der Waals surface area contributed by atoms with E-state index in [0.29, 0.717) is 35.7 Å². The molecule has 0 aliphatic heterocycles. The molecule has 0 fully saturated rings. The molecule has 0 radical (unpaired) electrons. The molecule has 7 nitrogen and oxygen atoms in total. The van der Waals surface area contributed by atoms with Gasteiger partial charge in [0.05, 0.1) is 6.54 Å². The number of hydrogen-bond donors (Lipinski definition) is 3. The van der Waals surface area contributed by atoms with Crippen LogP contribution in [0.1, 0.15) is 45.0 Å². The van der Waals surface area contributed by atoms with Crippen molar-refractivity contribution in [3.63, 3.8) is 0 Å². The number of anilines is 3. The first kappa shape index (κ1) is 23.9. The zero-order valence-corrected chi connectivity index (χ0v) is 18.9. The molecule has 0 spiro atoms. The predicted molar refractivity (Wildman–Crippen MR) is 125 cm³/mol. The summed E-state index contributed by atoms with van der Waals surface area (Å²) in [5, 5.41) is 8.73. The lowest BCUT2D eigenvalue weighted by molar-refractivity contribution is -0.123. The van der Waals surface area contributed by atoms with Crippen LogP contribution in [-0.4, -0.2) is 42.3 Å². The number of carbonyl (C=O) groups is 3. The molecule has 0 aliphatic carbocycles. The second kappa shape index (κ2) is 10.6. The number of hydrogen-bond acceptors (Lipinski definition) is 4. The molecule has 0 aromatic heterocycles. The smallest absolute Gasteiger partial charge is 0.253 e. The number of nitrogens with zero attached hydrogens (tertiary/aromatic N) is 1. The van der Waals surface area contributed by atoms with Crippen LogP contribution in [0, 0.1) is 5.41 Å². The van der Waals surface area contributed by atoms with Crippen LogP contribution in [-0.2, 0) is 9.59 Å². The Bertz CT molecular complexity index is 930. The fourth-order valence-corrected chi connectivity index (χ4v) is 2.84. The van der Waals surface area contributed by atoms with Crippen LogP contribution in [0.25, 0.3) is 0 Å². The van der Waals surface area contributed by atoms with E-state index in [9.17, 15) is 14.4 Å². The van der Waals surface area contributed by atoms with E-state index in [2.05, 4.69) is 16.0 Å². The number of carbonyl (C=O) groups excluding carboxylic acids is 3. The van der Waals surface area contributed by atoms with Gasteiger partial charge in [0, 0.05) is 41.1 Å². The van der Waals surface area contributed by atoms with Crippen molar-refractivity contribution in [3.8, 4) is 0 Å². The molecule has 2 rings (SSSR count). The zero-order valence-electron chi connectivity index (χ0n) is 18.9. The fraction of sp³-hybridized carbons (Fsp3) is 0.375. The first-order valence-electron chi connectivity index (χ1n) is 10.5. The lowest BCUT2D eigenvalue weighted by atomic mass is 9.95. The molecular weight excluding hydrogens is 392 g/mol. The molecular formula is C24H32N4O3. The topological polar surface area (TPSA) is 90.5 Å². The highest BCUT2D eigenvalue weighted by molar-refractivity contribution is 5.98. The third kappa shape index (κ3) is 7.13. The Morgan fingerprint density at radius 2 is 1.42 bits per heavy atom. The Kier molecular flexibility index (Phi) is 8.19. The van der Waals surface area contributed by atoms with Gasteiger partial charge in [0.15, 0.2) is 0 Å². The van der Waals surface area contributed by atoms with Crippen LogP contribution in [0.2, 0.25) is 0 Å². The molecule has 7 heteroatoms. The molecule has 0 saturated heterocycles. The van der Waals surface area contributed by atoms with E-state index in [1.54, 1.807) is 47.4 Å². The molecule has 166 valence electrons. The van der Waals surface area contributed by atoms with Crippen molar-refractivity contribution in [2.45, 2.75) is 34.6 Å². The fourth-order valence-electron chi connectivity index (χ4n) is 2.84. The summed E-state index contributed by atoms with van der Waals surface area (Å²) in [7, 11) is 0. The van der Waals surface area contributed by atoms with Crippen molar-refractivity contribution in [3.05, 3.63) is 54.1 Å². The Labute approximate surface area is 184 Å². The first-order valence-corrected chi connectivity index (χ1v) is 10.5. The molecule has 2 aromatic rings. The summed E-state index contributed by atoms with van der Waals surface area (Å²) in [5.41, 5.74) is 1.98. The van der Waals surface area contributed by atoms with Crippen molar-refractivity contribution < 1.29 is 14.4 Å². The van der Waals surface area contributed by atoms with Crippen LogP contribution in [0.5, 0.6) is 0 Å². The van der Waals surface area contributed by atoms with Gasteiger partial charge in [-0.2, -0.15) is 0 Å². The second-order valence-electron chi connectivity index (χ2n) is 8.24. The quantitative estimate of drug-likeness (QED) is 0.592. The largest absolute Gasteiger partial charge is 0.376 e. The summed E-state index contributed by atoms with van der Waals surface area (Å²) in [6.07, 6.45) is 0. The van der Waals surface area contributed by atoms with Gasteiger partial charge in [-0.1, -0.05) is 32.9 Å². The van der Waals surface area contributed by atoms with E-state index >= 15 is 0 Å². The summed E-state index contributed by atoms with van der Waals surface area (Å²) >= 11 is 0. The number of amides is 3. The monoisotopic (exact) mass is 424 g/mol. The van der Waals surface area contributed by atoms with E-state index in [1.165, 1.54) is 0 Å². The van der Waals surface area contributed by atoms with Crippen molar-refractivity contribution in [2.24, 2.45) is 5.41 Å². The lowest BCUT2D eigenvalue weighted by Gasteiger charge is -2.19. The van der Waals surface area contributed by atoms with Gasteiger partial charge in [0.2, 0.25) is 11.8 Å². The number of rotatable bonds is 8. The van der Waals surface area contributed by atoms with Gasteiger partial charge in [-0.3, -0.25) is 14.4 Å². The minimum Gasteiger partial charge on any atom is -0.376 e. The Morgan fingerprint density at radius 1 is 0.839 bits per heavy atom. The van der Waals surface area contributed by atoms with Gasteiger partial charge in [0.25, 0.3) is 5.91 Å². The van der Waals surface area contributed by atoms with E-state index in [0.717, 1.165) is 0 Å². The van der Waals surface area contributed by atoms with Crippen molar-refractivity contribution in [1.82, 2.24) is 4.90 Å². The maximum Gasteiger partial charge on any atom is 0.253 e. The van der Waals surface area contributed by atoms with Gasteiger partial charge in [-0.05, 0) is 50.2 Å². The molecule has 0 aliphatic rings. The van der Waals surface area contributed by atoms with Gasteiger partial charge in [0.1, 0.15) is 0 Å². The molecule has 3 amide bonds. The van der Waals surface area contributed by atoms with Crippen molar-refractivity contribution in [1.29, 1.82) is 0 Å². The Hall–Kier alpha value is -3.35. The molecule has 0 heterocycles. The second-order valence-corrected chi connectivity index (χ2v) is 8.24. The SMILES string of the molecule is CCN(CC)C(=O)c1cccc(NC(=O)CNc2cccc(NC(=O)C(C)(C)C)c2)c1. The van der Waals surface area contributed by atoms with Crippen LogP contribution in [0.15, 0.2) is 48.5 Å². The lowest BCUT2D eigenvalue weighted by Crippen LogP contribution is -2.30. The van der Waals surface area contributed by atoms with Crippen LogP contribution >= 0.6 is 0 Å².